The second-order valence-corrected chi connectivity index (χ2v) is 17.7. The number of hydrogen-bond acceptors (Lipinski definition) is 4. The lowest BCUT2D eigenvalue weighted by atomic mass is 10.2. The molecule has 0 bridgehead atoms. The summed E-state index contributed by atoms with van der Waals surface area (Å²) in [5.74, 6) is 1.08. The molecule has 0 aliphatic heterocycles. The van der Waals surface area contributed by atoms with Gasteiger partial charge in [0.05, 0.1) is 0 Å². The molecular formula is C11H28O3SSi2. The van der Waals surface area contributed by atoms with Crippen LogP contribution in [0.4, 0.5) is 0 Å². The van der Waals surface area contributed by atoms with Crippen molar-refractivity contribution in [3.05, 3.63) is 0 Å². The van der Waals surface area contributed by atoms with Gasteiger partial charge in [-0.1, -0.05) is 33.9 Å². The molecule has 0 fully saturated rings. The molecule has 0 atom stereocenters. The van der Waals surface area contributed by atoms with Gasteiger partial charge in [-0.15, -0.1) is 0 Å². The van der Waals surface area contributed by atoms with Gasteiger partial charge in [-0.05, 0) is 17.2 Å². The van der Waals surface area contributed by atoms with Gasteiger partial charge in [-0.2, -0.15) is 11.2 Å². The molecule has 0 aromatic heterocycles. The molecule has 0 rings (SSSR count). The predicted octanol–water partition coefficient (Wildman–Crippen LogP) is 3.34. The highest BCUT2D eigenvalue weighted by Gasteiger charge is 2.37. The molecule has 0 unspecified atom stereocenters. The Morgan fingerprint density at radius 1 is 1.12 bits per heavy atom. The van der Waals surface area contributed by atoms with Gasteiger partial charge in [0.1, 0.15) is 7.22 Å². The summed E-state index contributed by atoms with van der Waals surface area (Å²) in [4.78, 5) is 9.91. The SMILES string of the molecule is CO[Si](O)(CCCS[Si](C)(C)C(C)(C)C)OC. The van der Waals surface area contributed by atoms with E-state index in [-0.39, 0.29) is 0 Å². The Kier molecular flexibility index (Phi) is 6.98. The van der Waals surface area contributed by atoms with E-state index in [0.29, 0.717) is 11.1 Å². The molecule has 17 heavy (non-hydrogen) atoms. The van der Waals surface area contributed by atoms with Gasteiger partial charge < -0.3 is 13.6 Å². The Balaban J connectivity index is 4.01. The molecule has 3 nitrogen and oxygen atoms in total. The number of hydrogen-bond donors (Lipinski definition) is 1. The van der Waals surface area contributed by atoms with E-state index in [4.69, 9.17) is 8.85 Å². The quantitative estimate of drug-likeness (QED) is 0.578. The molecule has 0 spiro atoms. The van der Waals surface area contributed by atoms with Crippen LogP contribution in [-0.2, 0) is 8.85 Å². The second kappa shape index (κ2) is 6.72. The fourth-order valence-electron chi connectivity index (χ4n) is 1.13. The minimum atomic E-state index is -2.84. The van der Waals surface area contributed by atoms with Gasteiger partial charge in [0.25, 0.3) is 0 Å². The van der Waals surface area contributed by atoms with Gasteiger partial charge in [-0.3, -0.25) is 0 Å². The van der Waals surface area contributed by atoms with Crippen LogP contribution in [0.15, 0.2) is 0 Å². The molecule has 0 aromatic rings. The molecule has 0 heterocycles. The van der Waals surface area contributed by atoms with Gasteiger partial charge in [0.2, 0.25) is 0 Å². The first kappa shape index (κ1) is 17.7. The van der Waals surface area contributed by atoms with Crippen molar-refractivity contribution in [2.24, 2.45) is 0 Å². The lowest BCUT2D eigenvalue weighted by Crippen LogP contribution is -2.40. The van der Waals surface area contributed by atoms with Crippen molar-refractivity contribution in [3.63, 3.8) is 0 Å². The van der Waals surface area contributed by atoms with E-state index in [1.165, 1.54) is 14.2 Å². The zero-order chi connectivity index (χ0) is 13.7. The van der Waals surface area contributed by atoms with E-state index >= 15 is 0 Å². The van der Waals surface area contributed by atoms with E-state index in [1.807, 2.05) is 0 Å². The van der Waals surface area contributed by atoms with Gasteiger partial charge in [0, 0.05) is 20.3 Å². The standard InChI is InChI=1S/C11H28O3SSi2/c1-11(2,3)16(6,7)15-9-8-10-17(12,13-4)14-5/h12H,8-10H2,1-7H3. The molecule has 104 valence electrons. The third kappa shape index (κ3) is 5.89. The molecule has 0 radical (unpaired) electrons. The molecule has 1 N–H and O–H groups in total. The Morgan fingerprint density at radius 3 is 1.94 bits per heavy atom. The van der Waals surface area contributed by atoms with Crippen molar-refractivity contribution in [2.45, 2.75) is 51.4 Å². The summed E-state index contributed by atoms with van der Waals surface area (Å²) in [5, 5.41) is 0.411. The zero-order valence-electron chi connectivity index (χ0n) is 12.3. The highest BCUT2D eigenvalue weighted by molar-refractivity contribution is 8.29. The molecular weight excluding hydrogens is 268 g/mol. The summed E-state index contributed by atoms with van der Waals surface area (Å²) in [7, 11) is -1.04. The third-order valence-electron chi connectivity index (χ3n) is 3.54. The topological polar surface area (TPSA) is 38.7 Å². The van der Waals surface area contributed by atoms with Crippen LogP contribution in [0.25, 0.3) is 0 Å². The van der Waals surface area contributed by atoms with Crippen molar-refractivity contribution < 1.29 is 13.6 Å². The first-order chi connectivity index (χ1) is 7.58. The van der Waals surface area contributed by atoms with Crippen molar-refractivity contribution >= 4 is 27.2 Å². The predicted molar refractivity (Wildman–Crippen MR) is 81.1 cm³/mol. The minimum Gasteiger partial charge on any atom is -0.390 e. The molecule has 0 saturated heterocycles. The fraction of sp³-hybridized carbons (Fsp3) is 1.00. The van der Waals surface area contributed by atoms with Crippen LogP contribution in [0.2, 0.25) is 24.2 Å². The monoisotopic (exact) mass is 296 g/mol. The first-order valence-corrected chi connectivity index (χ1v) is 12.7. The average Bonchev–Trinajstić information content (AvgIpc) is 2.22. The van der Waals surface area contributed by atoms with E-state index in [9.17, 15) is 4.80 Å². The van der Waals surface area contributed by atoms with Crippen LogP contribution in [-0.4, -0.2) is 40.8 Å². The molecule has 0 aliphatic rings. The van der Waals surface area contributed by atoms with Crippen LogP contribution in [0.5, 0.6) is 0 Å². The lowest BCUT2D eigenvalue weighted by molar-refractivity contribution is 0.151. The molecule has 0 aromatic carbocycles. The van der Waals surface area contributed by atoms with E-state index in [1.54, 1.807) is 0 Å². The third-order valence-corrected chi connectivity index (χ3v) is 15.2. The maximum atomic E-state index is 9.91. The highest BCUT2D eigenvalue weighted by Crippen LogP contribution is 2.43. The Labute approximate surface area is 112 Å². The van der Waals surface area contributed by atoms with E-state index in [2.05, 4.69) is 45.1 Å². The Bertz CT molecular complexity index is 225. The summed E-state index contributed by atoms with van der Waals surface area (Å²) < 4.78 is 10.1. The Hall–Kier alpha value is 0.664. The fourth-order valence-corrected chi connectivity index (χ4v) is 7.08. The largest absolute Gasteiger partial charge is 0.497 e. The summed E-state index contributed by atoms with van der Waals surface area (Å²) in [6, 6.07) is 0.654. The maximum absolute atomic E-state index is 9.91. The highest BCUT2D eigenvalue weighted by atomic mass is 32.4. The zero-order valence-corrected chi connectivity index (χ0v) is 15.1. The van der Waals surface area contributed by atoms with Crippen molar-refractivity contribution in [1.29, 1.82) is 0 Å². The smallest absolute Gasteiger partial charge is 0.390 e. The molecule has 0 saturated carbocycles. The summed E-state index contributed by atoms with van der Waals surface area (Å²) in [5.41, 5.74) is 0. The van der Waals surface area contributed by atoms with Gasteiger partial charge in [-0.25, -0.2) is 0 Å². The Morgan fingerprint density at radius 2 is 1.59 bits per heavy atom. The number of rotatable bonds is 7. The second-order valence-electron chi connectivity index (χ2n) is 5.83. The maximum Gasteiger partial charge on any atom is 0.497 e. The summed E-state index contributed by atoms with van der Waals surface area (Å²) in [6.07, 6.45) is 0.960. The normalized spacial score (nSPS) is 14.1. The molecule has 0 amide bonds. The van der Waals surface area contributed by atoms with E-state index in [0.717, 1.165) is 12.2 Å². The first-order valence-electron chi connectivity index (χ1n) is 6.04. The van der Waals surface area contributed by atoms with Gasteiger partial charge >= 0.3 is 8.80 Å². The van der Waals surface area contributed by atoms with Crippen LogP contribution in [0.1, 0.15) is 27.2 Å². The summed E-state index contributed by atoms with van der Waals surface area (Å²) in [6.45, 7) is 11.8. The average molecular weight is 297 g/mol. The minimum absolute atomic E-state index is 0.411. The van der Waals surface area contributed by atoms with Crippen LogP contribution in [0.3, 0.4) is 0 Å². The lowest BCUT2D eigenvalue weighted by Gasteiger charge is -2.36. The van der Waals surface area contributed by atoms with Crippen molar-refractivity contribution in [1.82, 2.24) is 0 Å². The molecule has 6 heteroatoms. The van der Waals surface area contributed by atoms with Crippen LogP contribution < -0.4 is 0 Å². The van der Waals surface area contributed by atoms with Gasteiger partial charge in [0.15, 0.2) is 0 Å². The van der Waals surface area contributed by atoms with Crippen molar-refractivity contribution in [3.8, 4) is 0 Å². The molecule has 0 aliphatic carbocycles. The van der Waals surface area contributed by atoms with Crippen LogP contribution in [0, 0.1) is 0 Å². The van der Waals surface area contributed by atoms with Crippen molar-refractivity contribution in [2.75, 3.05) is 20.0 Å². The van der Waals surface area contributed by atoms with Crippen LogP contribution >= 0.6 is 11.2 Å². The van der Waals surface area contributed by atoms with E-state index < -0.39 is 16.0 Å². The summed E-state index contributed by atoms with van der Waals surface area (Å²) >= 11 is 2.09.